The largest absolute Gasteiger partial charge is 0.286 e. The minimum absolute atomic E-state index is 0.106. The maximum atomic E-state index is 4.82. The van der Waals surface area contributed by atoms with Crippen LogP contribution >= 0.6 is 0 Å². The van der Waals surface area contributed by atoms with Gasteiger partial charge in [-0.15, -0.1) is 10.2 Å². The monoisotopic (exact) mass is 469 g/mol. The SMILES string of the molecule is CCCCCCC(C)(CCCCC)c1ccn2c(C(C)(CCCC)CCCCCC)nnc2c1. The Bertz CT molecular complexity index is 810. The van der Waals surface area contributed by atoms with Crippen molar-refractivity contribution >= 4 is 5.65 Å². The molecule has 0 amide bonds. The van der Waals surface area contributed by atoms with E-state index in [1.165, 1.54) is 121 Å². The lowest BCUT2D eigenvalue weighted by Crippen LogP contribution is -2.26. The van der Waals surface area contributed by atoms with E-state index in [1.807, 2.05) is 0 Å². The maximum absolute atomic E-state index is 4.82. The summed E-state index contributed by atoms with van der Waals surface area (Å²) in [6.45, 7) is 14.1. The van der Waals surface area contributed by atoms with E-state index >= 15 is 0 Å². The van der Waals surface area contributed by atoms with E-state index in [9.17, 15) is 0 Å². The van der Waals surface area contributed by atoms with Gasteiger partial charge in [-0.1, -0.05) is 125 Å². The molecule has 3 nitrogen and oxygen atoms in total. The molecule has 2 atom stereocenters. The highest BCUT2D eigenvalue weighted by molar-refractivity contribution is 5.44. The number of unbranched alkanes of at least 4 members (excludes halogenated alkanes) is 9. The van der Waals surface area contributed by atoms with Crippen LogP contribution in [0.2, 0.25) is 0 Å². The number of aromatic nitrogens is 3. The molecule has 2 aromatic heterocycles. The van der Waals surface area contributed by atoms with Crippen LogP contribution < -0.4 is 0 Å². The molecule has 2 unspecified atom stereocenters. The van der Waals surface area contributed by atoms with Crippen molar-refractivity contribution in [1.82, 2.24) is 14.6 Å². The summed E-state index contributed by atoms with van der Waals surface area (Å²) in [6.07, 6.45) is 24.2. The first-order valence-electron chi connectivity index (χ1n) is 14.8. The van der Waals surface area contributed by atoms with Crippen LogP contribution in [0.1, 0.15) is 162 Å². The van der Waals surface area contributed by atoms with Crippen molar-refractivity contribution in [3.8, 4) is 0 Å². The van der Waals surface area contributed by atoms with Gasteiger partial charge in [0, 0.05) is 11.6 Å². The average Bonchev–Trinajstić information content (AvgIpc) is 3.28. The van der Waals surface area contributed by atoms with Gasteiger partial charge in [0.2, 0.25) is 0 Å². The highest BCUT2D eigenvalue weighted by Gasteiger charge is 2.32. The van der Waals surface area contributed by atoms with Crippen LogP contribution in [0.4, 0.5) is 0 Å². The topological polar surface area (TPSA) is 30.2 Å². The van der Waals surface area contributed by atoms with Gasteiger partial charge >= 0.3 is 0 Å². The second-order valence-electron chi connectivity index (χ2n) is 11.5. The van der Waals surface area contributed by atoms with Crippen LogP contribution in [0.25, 0.3) is 5.65 Å². The molecule has 0 aliphatic carbocycles. The zero-order valence-corrected chi connectivity index (χ0v) is 23.6. The van der Waals surface area contributed by atoms with Gasteiger partial charge in [-0.05, 0) is 48.8 Å². The van der Waals surface area contributed by atoms with E-state index in [4.69, 9.17) is 10.2 Å². The number of hydrogen-bond acceptors (Lipinski definition) is 2. The summed E-state index contributed by atoms with van der Waals surface area (Å²) in [7, 11) is 0. The molecule has 3 heteroatoms. The number of hydrogen-bond donors (Lipinski definition) is 0. The molecule has 0 saturated heterocycles. The summed E-state index contributed by atoms with van der Waals surface area (Å²) in [6, 6.07) is 4.75. The molecule has 0 aliphatic rings. The van der Waals surface area contributed by atoms with Gasteiger partial charge < -0.3 is 0 Å². The van der Waals surface area contributed by atoms with Crippen molar-refractivity contribution in [3.63, 3.8) is 0 Å². The van der Waals surface area contributed by atoms with Crippen LogP contribution in [0.15, 0.2) is 18.3 Å². The standard InChI is InChI=1S/C31H55N3/c1-7-11-15-18-23-30(5,22-17-13-9-3)27-20-25-34-28(26-27)32-33-29(34)31(6,21-14-10-4)24-19-16-12-8-2/h20,25-26H,7-19,21-24H2,1-6H3. The quantitative estimate of drug-likeness (QED) is 0.192. The molecular weight excluding hydrogens is 414 g/mol. The molecule has 0 spiro atoms. The van der Waals surface area contributed by atoms with Crippen molar-refractivity contribution in [2.24, 2.45) is 0 Å². The second kappa shape index (κ2) is 14.9. The summed E-state index contributed by atoms with van der Waals surface area (Å²) in [5, 5.41) is 9.55. The zero-order chi connectivity index (χ0) is 24.9. The smallest absolute Gasteiger partial charge is 0.161 e. The zero-order valence-electron chi connectivity index (χ0n) is 23.6. The molecule has 34 heavy (non-hydrogen) atoms. The molecule has 2 rings (SSSR count). The van der Waals surface area contributed by atoms with E-state index < -0.39 is 0 Å². The maximum Gasteiger partial charge on any atom is 0.161 e. The van der Waals surface area contributed by atoms with E-state index in [0.717, 1.165) is 5.65 Å². The Labute approximate surface area is 211 Å². The summed E-state index contributed by atoms with van der Waals surface area (Å²) >= 11 is 0. The highest BCUT2D eigenvalue weighted by Crippen LogP contribution is 2.38. The third kappa shape index (κ3) is 8.09. The molecule has 2 heterocycles. The minimum atomic E-state index is 0.106. The molecule has 0 radical (unpaired) electrons. The molecule has 0 saturated carbocycles. The lowest BCUT2D eigenvalue weighted by atomic mass is 9.74. The van der Waals surface area contributed by atoms with E-state index in [1.54, 1.807) is 0 Å². The van der Waals surface area contributed by atoms with Crippen LogP contribution in [0.5, 0.6) is 0 Å². The van der Waals surface area contributed by atoms with E-state index in [0.29, 0.717) is 0 Å². The van der Waals surface area contributed by atoms with Gasteiger partial charge in [-0.25, -0.2) is 0 Å². The number of rotatable bonds is 19. The fourth-order valence-corrected chi connectivity index (χ4v) is 5.66. The molecule has 0 fully saturated rings. The predicted molar refractivity (Wildman–Crippen MR) is 149 cm³/mol. The first kappa shape index (κ1) is 28.9. The van der Waals surface area contributed by atoms with Gasteiger partial charge in [0.15, 0.2) is 5.65 Å². The lowest BCUT2D eigenvalue weighted by molar-refractivity contribution is 0.347. The Morgan fingerprint density at radius 1 is 0.618 bits per heavy atom. The third-order valence-electron chi connectivity index (χ3n) is 8.23. The molecule has 0 bridgehead atoms. The molecule has 194 valence electrons. The summed E-state index contributed by atoms with van der Waals surface area (Å²) in [5.41, 5.74) is 2.85. The average molecular weight is 470 g/mol. The van der Waals surface area contributed by atoms with E-state index in [2.05, 4.69) is 64.3 Å². The molecular formula is C31H55N3. The van der Waals surface area contributed by atoms with Crippen LogP contribution in [0.3, 0.4) is 0 Å². The van der Waals surface area contributed by atoms with Gasteiger partial charge in [0.05, 0.1) is 0 Å². The van der Waals surface area contributed by atoms with Crippen molar-refractivity contribution in [1.29, 1.82) is 0 Å². The number of nitrogens with zero attached hydrogens (tertiary/aromatic N) is 3. The van der Waals surface area contributed by atoms with Crippen molar-refractivity contribution in [2.75, 3.05) is 0 Å². The Kier molecular flexibility index (Phi) is 12.6. The minimum Gasteiger partial charge on any atom is -0.286 e. The van der Waals surface area contributed by atoms with Crippen LogP contribution in [-0.4, -0.2) is 14.6 Å². The first-order valence-corrected chi connectivity index (χ1v) is 14.8. The lowest BCUT2D eigenvalue weighted by Gasteiger charge is -2.31. The third-order valence-corrected chi connectivity index (χ3v) is 8.23. The fraction of sp³-hybridized carbons (Fsp3) is 0.806. The normalized spacial score (nSPS) is 15.5. The van der Waals surface area contributed by atoms with Gasteiger partial charge in [0.1, 0.15) is 5.82 Å². The Hall–Kier alpha value is -1.38. The summed E-state index contributed by atoms with van der Waals surface area (Å²) < 4.78 is 2.31. The number of fused-ring (bicyclic) bond motifs is 1. The van der Waals surface area contributed by atoms with Gasteiger partial charge in [-0.2, -0.15) is 0 Å². The van der Waals surface area contributed by atoms with Crippen LogP contribution in [0, 0.1) is 0 Å². The predicted octanol–water partition coefficient (Wildman–Crippen LogP) is 9.96. The molecule has 2 aromatic rings. The van der Waals surface area contributed by atoms with Crippen LogP contribution in [-0.2, 0) is 10.8 Å². The van der Waals surface area contributed by atoms with E-state index in [-0.39, 0.29) is 10.8 Å². The summed E-state index contributed by atoms with van der Waals surface area (Å²) in [4.78, 5) is 0. The van der Waals surface area contributed by atoms with Crippen molar-refractivity contribution in [2.45, 2.75) is 162 Å². The molecule has 0 N–H and O–H groups in total. The summed E-state index contributed by atoms with van der Waals surface area (Å²) in [5.74, 6) is 1.18. The Morgan fingerprint density at radius 3 is 1.71 bits per heavy atom. The molecule has 0 aromatic carbocycles. The number of pyridine rings is 1. The van der Waals surface area contributed by atoms with Gasteiger partial charge in [0.25, 0.3) is 0 Å². The second-order valence-corrected chi connectivity index (χ2v) is 11.5. The van der Waals surface area contributed by atoms with Gasteiger partial charge in [-0.3, -0.25) is 4.40 Å². The van der Waals surface area contributed by atoms with Crippen molar-refractivity contribution < 1.29 is 0 Å². The Balaban J connectivity index is 2.30. The molecule has 0 aliphatic heterocycles. The fourth-order valence-electron chi connectivity index (χ4n) is 5.66. The Morgan fingerprint density at radius 2 is 1.12 bits per heavy atom. The first-order chi connectivity index (χ1) is 16.4. The van der Waals surface area contributed by atoms with Crippen molar-refractivity contribution in [3.05, 3.63) is 29.7 Å². The highest BCUT2D eigenvalue weighted by atomic mass is 15.3.